The van der Waals surface area contributed by atoms with Crippen molar-refractivity contribution in [1.29, 1.82) is 0 Å². The number of anilines is 8. The first kappa shape index (κ1) is 46.7. The van der Waals surface area contributed by atoms with E-state index < -0.39 is 0 Å². The molecule has 326 valence electrons. The van der Waals surface area contributed by atoms with Crippen molar-refractivity contribution in [3.8, 4) is 0 Å². The lowest BCUT2D eigenvalue weighted by molar-refractivity contribution is 0.589. The summed E-state index contributed by atoms with van der Waals surface area (Å²) >= 11 is 4.20. The number of halogens is 1. The van der Waals surface area contributed by atoms with E-state index in [1.165, 1.54) is 44.6 Å². The van der Waals surface area contributed by atoms with Crippen LogP contribution in [-0.2, 0) is 27.1 Å². The molecule has 0 fully saturated rings. The van der Waals surface area contributed by atoms with Crippen LogP contribution in [0.5, 0.6) is 0 Å². The van der Waals surface area contributed by atoms with Gasteiger partial charge in [-0.3, -0.25) is 0 Å². The Morgan fingerprint density at radius 2 is 0.758 bits per heavy atom. The van der Waals surface area contributed by atoms with Crippen LogP contribution in [0.3, 0.4) is 0 Å². The summed E-state index contributed by atoms with van der Waals surface area (Å²) in [5.41, 5.74) is 17.9. The SMILES string of the molecule is Cc1cc(C(C)(C)C)cc(C)c1N(c1ccc(C(C)(C)C)cc1)c1cccc(Nc2cc(C(C)(C)C)cc(N(c3ccc(C(C)(C)C)cc3)c3ccc(C(C)(C)C)cc3)c2Br)c1. The summed E-state index contributed by atoms with van der Waals surface area (Å²) in [4.78, 5) is 4.83. The second-order valence-corrected chi connectivity index (χ2v) is 23.3. The molecule has 4 heteroatoms. The fraction of sp³-hybridized carbons (Fsp3) is 0.379. The van der Waals surface area contributed by atoms with Gasteiger partial charge in [-0.15, -0.1) is 0 Å². The van der Waals surface area contributed by atoms with Crippen LogP contribution < -0.4 is 15.1 Å². The summed E-state index contributed by atoms with van der Waals surface area (Å²) in [5.74, 6) is 0. The molecule has 1 N–H and O–H groups in total. The van der Waals surface area contributed by atoms with Crippen molar-refractivity contribution in [3.05, 3.63) is 165 Å². The Morgan fingerprint density at radius 1 is 0.387 bits per heavy atom. The normalized spacial score (nSPS) is 12.7. The van der Waals surface area contributed by atoms with Gasteiger partial charge < -0.3 is 15.1 Å². The Balaban J connectivity index is 1.52. The van der Waals surface area contributed by atoms with Crippen molar-refractivity contribution < 1.29 is 0 Å². The van der Waals surface area contributed by atoms with E-state index >= 15 is 0 Å². The van der Waals surface area contributed by atoms with Crippen LogP contribution in [0.2, 0.25) is 0 Å². The van der Waals surface area contributed by atoms with Gasteiger partial charge in [-0.25, -0.2) is 0 Å². The summed E-state index contributed by atoms with van der Waals surface area (Å²) in [6.45, 7) is 38.7. The molecule has 0 spiro atoms. The molecule has 3 nitrogen and oxygen atoms in total. The highest BCUT2D eigenvalue weighted by atomic mass is 79.9. The third-order valence-electron chi connectivity index (χ3n) is 12.1. The van der Waals surface area contributed by atoms with Gasteiger partial charge in [-0.1, -0.05) is 158 Å². The summed E-state index contributed by atoms with van der Waals surface area (Å²) in [5, 5.41) is 3.93. The fourth-order valence-corrected chi connectivity index (χ4v) is 8.59. The van der Waals surface area contributed by atoms with Crippen LogP contribution >= 0.6 is 15.9 Å². The van der Waals surface area contributed by atoms with Gasteiger partial charge in [-0.2, -0.15) is 0 Å². The van der Waals surface area contributed by atoms with E-state index in [-0.39, 0.29) is 27.1 Å². The monoisotopic (exact) mass is 889 g/mol. The number of rotatable bonds is 8. The van der Waals surface area contributed by atoms with E-state index in [4.69, 9.17) is 0 Å². The number of nitrogens with zero attached hydrogens (tertiary/aromatic N) is 2. The number of nitrogens with one attached hydrogen (secondary N) is 1. The molecule has 6 rings (SSSR count). The summed E-state index contributed by atoms with van der Waals surface area (Å²) in [6, 6.07) is 45.6. The molecule has 0 unspecified atom stereocenters. The topological polar surface area (TPSA) is 18.5 Å². The van der Waals surface area contributed by atoms with E-state index in [0.29, 0.717) is 0 Å². The van der Waals surface area contributed by atoms with Crippen LogP contribution in [-0.4, -0.2) is 0 Å². The Hall–Kier alpha value is -4.80. The molecular formula is C58H72BrN3. The molecule has 0 saturated carbocycles. The quantitative estimate of drug-likeness (QED) is 0.164. The molecule has 62 heavy (non-hydrogen) atoms. The summed E-state index contributed by atoms with van der Waals surface area (Å²) in [6.07, 6.45) is 0. The minimum Gasteiger partial charge on any atom is -0.354 e. The third-order valence-corrected chi connectivity index (χ3v) is 12.9. The molecule has 0 heterocycles. The Kier molecular flexibility index (Phi) is 12.8. The average Bonchev–Trinajstić information content (AvgIpc) is 3.16. The van der Waals surface area contributed by atoms with Gasteiger partial charge in [-0.05, 0) is 163 Å². The van der Waals surface area contributed by atoms with Gasteiger partial charge >= 0.3 is 0 Å². The van der Waals surface area contributed by atoms with Gasteiger partial charge in [0.15, 0.2) is 0 Å². The fourth-order valence-electron chi connectivity index (χ4n) is 8.08. The van der Waals surface area contributed by atoms with Crippen LogP contribution in [0.15, 0.2) is 126 Å². The average molecular weight is 891 g/mol. The maximum atomic E-state index is 4.20. The molecule has 0 amide bonds. The number of hydrogen-bond donors (Lipinski definition) is 1. The van der Waals surface area contributed by atoms with Crippen molar-refractivity contribution in [2.24, 2.45) is 0 Å². The lowest BCUT2D eigenvalue weighted by atomic mass is 9.84. The smallest absolute Gasteiger partial charge is 0.0651 e. The predicted octanol–water partition coefficient (Wildman–Crippen LogP) is 18.2. The Labute approximate surface area is 384 Å². The molecular weight excluding hydrogens is 819 g/mol. The van der Waals surface area contributed by atoms with Crippen molar-refractivity contribution in [2.45, 2.75) is 145 Å². The van der Waals surface area contributed by atoms with Gasteiger partial charge in [0, 0.05) is 28.4 Å². The lowest BCUT2D eigenvalue weighted by Crippen LogP contribution is -2.17. The van der Waals surface area contributed by atoms with E-state index in [1.807, 2.05) is 0 Å². The molecule has 0 atom stereocenters. The molecule has 6 aromatic rings. The highest BCUT2D eigenvalue weighted by Gasteiger charge is 2.26. The number of hydrogen-bond acceptors (Lipinski definition) is 3. The molecule has 0 saturated heterocycles. The molecule has 0 aliphatic carbocycles. The minimum absolute atomic E-state index is 0.0479. The van der Waals surface area contributed by atoms with E-state index in [0.717, 1.165) is 44.3 Å². The first-order chi connectivity index (χ1) is 28.6. The largest absolute Gasteiger partial charge is 0.354 e. The lowest BCUT2D eigenvalue weighted by Gasteiger charge is -2.32. The van der Waals surface area contributed by atoms with Crippen LogP contribution in [0, 0.1) is 13.8 Å². The molecule has 0 aliphatic rings. The Bertz CT molecular complexity index is 2430. The molecule has 0 aromatic heterocycles. The second kappa shape index (κ2) is 17.1. The van der Waals surface area contributed by atoms with E-state index in [9.17, 15) is 0 Å². The maximum Gasteiger partial charge on any atom is 0.0651 e. The number of aryl methyl sites for hydroxylation is 2. The highest BCUT2D eigenvalue weighted by Crippen LogP contribution is 2.47. The van der Waals surface area contributed by atoms with Crippen molar-refractivity contribution >= 4 is 61.4 Å². The molecule has 6 aromatic carbocycles. The maximum absolute atomic E-state index is 4.20. The second-order valence-electron chi connectivity index (χ2n) is 22.6. The standard InChI is InChI=1S/C58H72BrN3/c1-38-33-43(57(12,13)14)34-39(2)53(38)62(48-31-25-42(26-32-48)56(9,10)11)49-20-18-19-45(37-49)60-50-35-44(58(15,16)17)36-51(52(50)59)61(46-27-21-40(22-28-46)54(3,4)5)47-29-23-41(24-30-47)55(6,7)8/h18-37,60H,1-17H3. The zero-order valence-electron chi connectivity index (χ0n) is 40.8. The van der Waals surface area contributed by atoms with Gasteiger partial charge in [0.2, 0.25) is 0 Å². The van der Waals surface area contributed by atoms with Crippen molar-refractivity contribution in [1.82, 2.24) is 0 Å². The van der Waals surface area contributed by atoms with Gasteiger partial charge in [0.1, 0.15) is 0 Å². The third kappa shape index (κ3) is 10.3. The van der Waals surface area contributed by atoms with Crippen LogP contribution in [0.4, 0.5) is 45.5 Å². The van der Waals surface area contributed by atoms with Crippen molar-refractivity contribution in [2.75, 3.05) is 15.1 Å². The van der Waals surface area contributed by atoms with Gasteiger partial charge in [0.05, 0.1) is 21.5 Å². The highest BCUT2D eigenvalue weighted by molar-refractivity contribution is 9.10. The molecule has 0 bridgehead atoms. The number of benzene rings is 6. The van der Waals surface area contributed by atoms with Gasteiger partial charge in [0.25, 0.3) is 0 Å². The first-order valence-electron chi connectivity index (χ1n) is 22.4. The zero-order chi connectivity index (χ0) is 45.7. The zero-order valence-corrected chi connectivity index (χ0v) is 42.4. The first-order valence-corrected chi connectivity index (χ1v) is 23.2. The van der Waals surface area contributed by atoms with Crippen molar-refractivity contribution in [3.63, 3.8) is 0 Å². The minimum atomic E-state index is -0.115. The van der Waals surface area contributed by atoms with Crippen LogP contribution in [0.25, 0.3) is 0 Å². The van der Waals surface area contributed by atoms with E-state index in [2.05, 4.69) is 270 Å². The predicted molar refractivity (Wildman–Crippen MR) is 276 cm³/mol. The summed E-state index contributed by atoms with van der Waals surface area (Å²) < 4.78 is 0.995. The van der Waals surface area contributed by atoms with E-state index in [1.54, 1.807) is 0 Å². The van der Waals surface area contributed by atoms with Crippen LogP contribution in [0.1, 0.15) is 143 Å². The summed E-state index contributed by atoms with van der Waals surface area (Å²) in [7, 11) is 0. The molecule has 0 radical (unpaired) electrons. The Morgan fingerprint density at radius 3 is 1.15 bits per heavy atom. The molecule has 0 aliphatic heterocycles.